The van der Waals surface area contributed by atoms with Crippen LogP contribution in [0.2, 0.25) is 0 Å². The summed E-state index contributed by atoms with van der Waals surface area (Å²) < 4.78 is 5.42. The van der Waals surface area contributed by atoms with Crippen LogP contribution in [0.4, 0.5) is 4.79 Å². The molecule has 1 heterocycles. The molecule has 7 heteroatoms. The van der Waals surface area contributed by atoms with Gasteiger partial charge in [-0.1, -0.05) is 19.9 Å². The Morgan fingerprint density at radius 2 is 1.89 bits per heavy atom. The lowest BCUT2D eigenvalue weighted by Gasteiger charge is -2.34. The van der Waals surface area contributed by atoms with E-state index < -0.39 is 17.2 Å². The van der Waals surface area contributed by atoms with Gasteiger partial charge in [0, 0.05) is 19.8 Å². The van der Waals surface area contributed by atoms with Crippen LogP contribution >= 0.6 is 0 Å². The molecule has 1 aromatic heterocycles. The summed E-state index contributed by atoms with van der Waals surface area (Å²) in [5.41, 5.74) is 1.16. The fourth-order valence-electron chi connectivity index (χ4n) is 2.59. The molecule has 0 spiro atoms. The highest BCUT2D eigenvalue weighted by atomic mass is 16.6. The number of rotatable bonds is 7. The van der Waals surface area contributed by atoms with Gasteiger partial charge in [-0.3, -0.25) is 9.98 Å². The van der Waals surface area contributed by atoms with Crippen LogP contribution < -0.4 is 16.0 Å². The number of hydrogen-bond acceptors (Lipinski definition) is 4. The van der Waals surface area contributed by atoms with Crippen molar-refractivity contribution in [3.8, 4) is 0 Å². The number of amides is 1. The van der Waals surface area contributed by atoms with Crippen molar-refractivity contribution in [2.24, 2.45) is 4.99 Å². The molecule has 3 N–H and O–H groups in total. The molecule has 0 saturated carbocycles. The number of guanidine groups is 1. The Bertz CT molecular complexity index is 634. The SMILES string of the molecule is CCC(CC)(CNC(=NC)NCc1ncccc1C)NC(=O)OC(C)(C)C. The largest absolute Gasteiger partial charge is 0.444 e. The first-order valence-corrected chi connectivity index (χ1v) is 9.51. The first kappa shape index (κ1) is 22.7. The van der Waals surface area contributed by atoms with Gasteiger partial charge >= 0.3 is 6.09 Å². The van der Waals surface area contributed by atoms with Crippen molar-refractivity contribution in [2.45, 2.75) is 72.1 Å². The molecule has 1 rings (SSSR count). The van der Waals surface area contributed by atoms with Crippen molar-refractivity contribution >= 4 is 12.1 Å². The van der Waals surface area contributed by atoms with Crippen LogP contribution in [0.15, 0.2) is 23.3 Å². The standard InChI is InChI=1S/C20H35N5O2/c1-8-20(9-2,25-18(26)27-19(4,5)6)14-24-17(21-7)23-13-16-15(3)11-10-12-22-16/h10-12H,8-9,13-14H2,1-7H3,(H,25,26)(H2,21,23,24). The predicted octanol–water partition coefficient (Wildman–Crippen LogP) is 3.14. The maximum absolute atomic E-state index is 12.2. The smallest absolute Gasteiger partial charge is 0.408 e. The van der Waals surface area contributed by atoms with Crippen molar-refractivity contribution in [2.75, 3.05) is 13.6 Å². The molecule has 0 bridgehead atoms. The number of ether oxygens (including phenoxy) is 1. The molecular weight excluding hydrogens is 342 g/mol. The minimum atomic E-state index is -0.525. The topological polar surface area (TPSA) is 87.6 Å². The Kier molecular flexibility index (Phi) is 8.53. The van der Waals surface area contributed by atoms with E-state index in [1.54, 1.807) is 13.2 Å². The van der Waals surface area contributed by atoms with Crippen LogP contribution in [-0.2, 0) is 11.3 Å². The lowest BCUT2D eigenvalue weighted by atomic mass is 9.93. The second kappa shape index (κ2) is 10.1. The summed E-state index contributed by atoms with van der Waals surface area (Å²) in [6.45, 7) is 12.8. The third-order valence-corrected chi connectivity index (χ3v) is 4.48. The number of aromatic nitrogens is 1. The number of nitrogens with zero attached hydrogens (tertiary/aromatic N) is 2. The fraction of sp³-hybridized carbons (Fsp3) is 0.650. The maximum Gasteiger partial charge on any atom is 0.408 e. The zero-order chi connectivity index (χ0) is 20.5. The third kappa shape index (κ3) is 7.85. The molecule has 0 fully saturated rings. The molecule has 152 valence electrons. The monoisotopic (exact) mass is 377 g/mol. The van der Waals surface area contributed by atoms with E-state index >= 15 is 0 Å². The van der Waals surface area contributed by atoms with E-state index in [1.165, 1.54) is 0 Å². The van der Waals surface area contributed by atoms with Crippen LogP contribution in [-0.4, -0.2) is 41.8 Å². The normalized spacial score (nSPS) is 12.5. The van der Waals surface area contributed by atoms with Gasteiger partial charge in [0.05, 0.1) is 17.8 Å². The quantitative estimate of drug-likeness (QED) is 0.502. The zero-order valence-corrected chi connectivity index (χ0v) is 17.8. The second-order valence-electron chi connectivity index (χ2n) is 7.66. The molecule has 0 aliphatic rings. The molecule has 0 aliphatic heterocycles. The summed E-state index contributed by atoms with van der Waals surface area (Å²) in [7, 11) is 1.72. The number of aryl methyl sites for hydroxylation is 1. The van der Waals surface area contributed by atoms with Crippen molar-refractivity contribution in [3.05, 3.63) is 29.6 Å². The summed E-state index contributed by atoms with van der Waals surface area (Å²) in [5.74, 6) is 0.664. The van der Waals surface area contributed by atoms with Crippen LogP contribution in [0.25, 0.3) is 0 Å². The van der Waals surface area contributed by atoms with Crippen LogP contribution in [0, 0.1) is 6.92 Å². The van der Waals surface area contributed by atoms with E-state index in [0.717, 1.165) is 24.1 Å². The van der Waals surface area contributed by atoms with Crippen molar-refractivity contribution < 1.29 is 9.53 Å². The van der Waals surface area contributed by atoms with E-state index in [-0.39, 0.29) is 0 Å². The van der Waals surface area contributed by atoms with Gasteiger partial charge in [-0.2, -0.15) is 0 Å². The Labute approximate surface area is 163 Å². The summed E-state index contributed by atoms with van der Waals surface area (Å²) in [5, 5.41) is 9.61. The van der Waals surface area contributed by atoms with Crippen molar-refractivity contribution in [1.29, 1.82) is 0 Å². The summed E-state index contributed by atoms with van der Waals surface area (Å²) >= 11 is 0. The number of pyridine rings is 1. The van der Waals surface area contributed by atoms with Gasteiger partial charge in [-0.25, -0.2) is 4.79 Å². The van der Waals surface area contributed by atoms with Crippen molar-refractivity contribution in [3.63, 3.8) is 0 Å². The minimum absolute atomic E-state index is 0.403. The number of carbonyl (C=O) groups excluding carboxylic acids is 1. The molecule has 27 heavy (non-hydrogen) atoms. The molecular formula is C20H35N5O2. The Morgan fingerprint density at radius 1 is 1.22 bits per heavy atom. The van der Waals surface area contributed by atoms with Crippen molar-refractivity contribution in [1.82, 2.24) is 20.9 Å². The van der Waals surface area contributed by atoms with Gasteiger partial charge in [0.25, 0.3) is 0 Å². The molecule has 0 unspecified atom stereocenters. The van der Waals surface area contributed by atoms with Crippen LogP contribution in [0.3, 0.4) is 0 Å². The first-order chi connectivity index (χ1) is 12.6. The highest BCUT2D eigenvalue weighted by molar-refractivity contribution is 5.79. The number of aliphatic imine (C=N–C) groups is 1. The van der Waals surface area contributed by atoms with Gasteiger partial charge in [0.2, 0.25) is 0 Å². The molecule has 0 atom stereocenters. The molecule has 7 nitrogen and oxygen atoms in total. The van der Waals surface area contributed by atoms with Gasteiger partial charge in [-0.05, 0) is 52.2 Å². The number of hydrogen-bond donors (Lipinski definition) is 3. The average Bonchev–Trinajstić information content (AvgIpc) is 2.60. The Morgan fingerprint density at radius 3 is 2.41 bits per heavy atom. The van der Waals surface area contributed by atoms with E-state index in [4.69, 9.17) is 4.74 Å². The van der Waals surface area contributed by atoms with Gasteiger partial charge in [0.1, 0.15) is 5.60 Å². The first-order valence-electron chi connectivity index (χ1n) is 9.51. The van der Waals surface area contributed by atoms with E-state index in [9.17, 15) is 4.79 Å². The van der Waals surface area contributed by atoms with Gasteiger partial charge < -0.3 is 20.7 Å². The third-order valence-electron chi connectivity index (χ3n) is 4.48. The second-order valence-corrected chi connectivity index (χ2v) is 7.66. The Hall–Kier alpha value is -2.31. The van der Waals surface area contributed by atoms with E-state index in [0.29, 0.717) is 19.0 Å². The van der Waals surface area contributed by atoms with Crippen LogP contribution in [0.5, 0.6) is 0 Å². The average molecular weight is 378 g/mol. The summed E-state index contributed by atoms with van der Waals surface area (Å²) in [6.07, 6.45) is 2.92. The molecule has 1 amide bonds. The number of nitrogens with one attached hydrogen (secondary N) is 3. The van der Waals surface area contributed by atoms with E-state index in [2.05, 4.69) is 39.8 Å². The lowest BCUT2D eigenvalue weighted by molar-refractivity contribution is 0.0448. The van der Waals surface area contributed by atoms with Gasteiger partial charge in [0.15, 0.2) is 5.96 Å². The molecule has 1 aromatic rings. The predicted molar refractivity (Wildman–Crippen MR) is 110 cm³/mol. The molecule has 0 aromatic carbocycles. The lowest BCUT2D eigenvalue weighted by Crippen LogP contribution is -2.57. The van der Waals surface area contributed by atoms with Gasteiger partial charge in [-0.15, -0.1) is 0 Å². The summed E-state index contributed by atoms with van der Waals surface area (Å²) in [4.78, 5) is 20.9. The zero-order valence-electron chi connectivity index (χ0n) is 17.8. The highest BCUT2D eigenvalue weighted by Crippen LogP contribution is 2.16. The molecule has 0 radical (unpaired) electrons. The minimum Gasteiger partial charge on any atom is -0.444 e. The summed E-state index contributed by atoms with van der Waals surface area (Å²) in [6, 6.07) is 3.95. The van der Waals surface area contributed by atoms with E-state index in [1.807, 2.05) is 39.8 Å². The maximum atomic E-state index is 12.2. The molecule has 0 aliphatic carbocycles. The number of alkyl carbamates (subject to hydrolysis) is 1. The Balaban J connectivity index is 2.67. The fourth-order valence-corrected chi connectivity index (χ4v) is 2.59. The highest BCUT2D eigenvalue weighted by Gasteiger charge is 2.30. The molecule has 0 saturated heterocycles. The number of carbonyl (C=O) groups is 1. The van der Waals surface area contributed by atoms with Crippen LogP contribution in [0.1, 0.15) is 58.7 Å².